The van der Waals surface area contributed by atoms with Gasteiger partial charge in [0, 0.05) is 10.4 Å². The fraction of sp³-hybridized carbons (Fsp3) is 0.208. The lowest BCUT2D eigenvalue weighted by atomic mass is 10.0. The molecule has 0 spiro atoms. The summed E-state index contributed by atoms with van der Waals surface area (Å²) in [5.74, 6) is 2.58. The summed E-state index contributed by atoms with van der Waals surface area (Å²) in [4.78, 5) is 32.3. The number of ether oxygens (including phenoxy) is 2. The minimum atomic E-state index is -0.583. The zero-order chi connectivity index (χ0) is 22.7. The van der Waals surface area contributed by atoms with E-state index >= 15 is 0 Å². The van der Waals surface area contributed by atoms with Crippen LogP contribution in [-0.4, -0.2) is 23.8 Å². The monoisotopic (exact) mass is 464 g/mol. The van der Waals surface area contributed by atoms with Crippen molar-refractivity contribution in [3.63, 3.8) is 0 Å². The molecule has 0 bridgehead atoms. The third kappa shape index (κ3) is 4.05. The Kier molecular flexibility index (Phi) is 6.40. The van der Waals surface area contributed by atoms with Gasteiger partial charge < -0.3 is 9.47 Å². The molecule has 32 heavy (non-hydrogen) atoms. The molecule has 0 saturated carbocycles. The largest absolute Gasteiger partial charge is 0.480 e. The summed E-state index contributed by atoms with van der Waals surface area (Å²) in [6.45, 7) is 3.90. The molecular weight excluding hydrogens is 444 g/mol. The van der Waals surface area contributed by atoms with Gasteiger partial charge in [-0.1, -0.05) is 41.5 Å². The van der Waals surface area contributed by atoms with Crippen LogP contribution in [0.2, 0.25) is 0 Å². The molecule has 3 heterocycles. The molecule has 162 valence electrons. The molecule has 1 atom stereocenters. The first-order valence-corrected chi connectivity index (χ1v) is 11.6. The number of benzene rings is 1. The number of fused-ring (bicyclic) bond motifs is 1. The zero-order valence-corrected chi connectivity index (χ0v) is 19.2. The highest BCUT2D eigenvalue weighted by atomic mass is 32.1. The second kappa shape index (κ2) is 9.39. The zero-order valence-electron chi connectivity index (χ0n) is 17.5. The summed E-state index contributed by atoms with van der Waals surface area (Å²) >= 11 is 2.75. The molecule has 0 unspecified atom stereocenters. The van der Waals surface area contributed by atoms with Crippen molar-refractivity contribution in [3.05, 3.63) is 83.2 Å². The first-order valence-electron chi connectivity index (χ1n) is 9.93. The molecule has 2 aromatic heterocycles. The lowest BCUT2D eigenvalue weighted by Crippen LogP contribution is -2.39. The summed E-state index contributed by atoms with van der Waals surface area (Å²) in [5.41, 5.74) is 1.44. The van der Waals surface area contributed by atoms with Gasteiger partial charge in [0.2, 0.25) is 0 Å². The van der Waals surface area contributed by atoms with Crippen LogP contribution in [0.25, 0.3) is 6.08 Å². The lowest BCUT2D eigenvalue weighted by Gasteiger charge is -2.23. The Balaban J connectivity index is 1.90. The van der Waals surface area contributed by atoms with Gasteiger partial charge in [-0.3, -0.25) is 9.36 Å². The maximum absolute atomic E-state index is 13.5. The molecule has 0 radical (unpaired) electrons. The Morgan fingerprint density at radius 2 is 2.12 bits per heavy atom. The van der Waals surface area contributed by atoms with Gasteiger partial charge in [0.05, 0.1) is 22.4 Å². The second-order valence-corrected chi connectivity index (χ2v) is 8.84. The van der Waals surface area contributed by atoms with Gasteiger partial charge in [-0.05, 0) is 37.4 Å². The number of thiazole rings is 1. The van der Waals surface area contributed by atoms with Crippen LogP contribution in [0.4, 0.5) is 0 Å². The van der Waals surface area contributed by atoms with Crippen molar-refractivity contribution in [2.24, 2.45) is 4.99 Å². The lowest BCUT2D eigenvalue weighted by molar-refractivity contribution is -0.139. The minimum absolute atomic E-state index is 0.132. The van der Waals surface area contributed by atoms with Crippen LogP contribution >= 0.6 is 22.7 Å². The first-order chi connectivity index (χ1) is 15.5. The van der Waals surface area contributed by atoms with Crippen LogP contribution in [0.1, 0.15) is 30.3 Å². The van der Waals surface area contributed by atoms with E-state index in [2.05, 4.69) is 10.9 Å². The van der Waals surface area contributed by atoms with Crippen LogP contribution in [-0.2, 0) is 9.53 Å². The molecule has 0 saturated heterocycles. The van der Waals surface area contributed by atoms with Crippen molar-refractivity contribution in [3.8, 4) is 18.1 Å². The SMILES string of the molecule is C#CCOc1ccccc1/C=c1\sc2n(c1=O)[C@H](c1cccs1)C(C(=O)OCC)=C(C)N=2. The number of hydrogen-bond donors (Lipinski definition) is 0. The molecule has 1 aliphatic heterocycles. The molecular formula is C24H20N2O4S2. The first kappa shape index (κ1) is 21.8. The van der Waals surface area contributed by atoms with Crippen LogP contribution in [0, 0.1) is 12.3 Å². The van der Waals surface area contributed by atoms with Gasteiger partial charge in [-0.15, -0.1) is 17.8 Å². The number of thiophene rings is 1. The number of allylic oxidation sites excluding steroid dienone is 1. The van der Waals surface area contributed by atoms with Crippen molar-refractivity contribution in [1.82, 2.24) is 4.57 Å². The highest BCUT2D eigenvalue weighted by Gasteiger charge is 2.33. The Bertz CT molecular complexity index is 1410. The number of para-hydroxylation sites is 1. The molecule has 0 N–H and O–H groups in total. The van der Waals surface area contributed by atoms with E-state index in [1.54, 1.807) is 30.6 Å². The van der Waals surface area contributed by atoms with Gasteiger partial charge in [-0.2, -0.15) is 0 Å². The number of carbonyl (C=O) groups excluding carboxylic acids is 1. The number of esters is 1. The summed E-state index contributed by atoms with van der Waals surface area (Å²) in [6.07, 6.45) is 7.08. The summed E-state index contributed by atoms with van der Waals surface area (Å²) in [6, 6.07) is 10.6. The maximum Gasteiger partial charge on any atom is 0.338 e. The van der Waals surface area contributed by atoms with E-state index in [1.807, 2.05) is 35.7 Å². The van der Waals surface area contributed by atoms with Crippen molar-refractivity contribution in [2.75, 3.05) is 13.2 Å². The highest BCUT2D eigenvalue weighted by Crippen LogP contribution is 2.33. The van der Waals surface area contributed by atoms with Gasteiger partial charge in [0.25, 0.3) is 5.56 Å². The van der Waals surface area contributed by atoms with Crippen molar-refractivity contribution < 1.29 is 14.3 Å². The highest BCUT2D eigenvalue weighted by molar-refractivity contribution is 7.10. The Labute approximate surface area is 192 Å². The standard InChI is InChI=1S/C24H20N2O4S2/c1-4-12-30-17-10-7-6-9-16(17)14-19-22(27)26-21(18-11-8-13-31-18)20(23(28)29-5-2)15(3)25-24(26)32-19/h1,6-11,13-14,21H,5,12H2,2-3H3/b19-14-/t21-/m1/s1. The summed E-state index contributed by atoms with van der Waals surface area (Å²) in [5, 5.41) is 1.92. The molecule has 0 aliphatic carbocycles. The number of rotatable bonds is 6. The van der Waals surface area contributed by atoms with Crippen LogP contribution in [0.15, 0.2) is 62.8 Å². The Hall–Kier alpha value is -3.41. The van der Waals surface area contributed by atoms with Crippen molar-refractivity contribution >= 4 is 34.7 Å². The molecule has 0 amide bonds. The van der Waals surface area contributed by atoms with Crippen molar-refractivity contribution in [2.45, 2.75) is 19.9 Å². The fourth-order valence-electron chi connectivity index (χ4n) is 3.50. The predicted octanol–water partition coefficient (Wildman–Crippen LogP) is 2.87. The number of aromatic nitrogens is 1. The number of nitrogens with zero attached hydrogens (tertiary/aromatic N) is 2. The summed E-state index contributed by atoms with van der Waals surface area (Å²) < 4.78 is 13.0. The van der Waals surface area contributed by atoms with Gasteiger partial charge in [0.15, 0.2) is 4.80 Å². The molecule has 1 aliphatic rings. The number of hydrogen-bond acceptors (Lipinski definition) is 7. The molecule has 6 nitrogen and oxygen atoms in total. The predicted molar refractivity (Wildman–Crippen MR) is 125 cm³/mol. The fourth-order valence-corrected chi connectivity index (χ4v) is 5.36. The van der Waals surface area contributed by atoms with Gasteiger partial charge in [-0.25, -0.2) is 9.79 Å². The molecule has 0 fully saturated rings. The molecule has 1 aromatic carbocycles. The third-order valence-electron chi connectivity index (χ3n) is 4.85. The van der Waals surface area contributed by atoms with E-state index in [0.29, 0.717) is 26.4 Å². The van der Waals surface area contributed by atoms with Crippen LogP contribution in [0.3, 0.4) is 0 Å². The quantitative estimate of drug-likeness (QED) is 0.416. The third-order valence-corrected chi connectivity index (χ3v) is 6.75. The van der Waals surface area contributed by atoms with E-state index in [-0.39, 0.29) is 18.8 Å². The molecule has 8 heteroatoms. The van der Waals surface area contributed by atoms with Gasteiger partial charge in [0.1, 0.15) is 18.4 Å². The van der Waals surface area contributed by atoms with E-state index in [1.165, 1.54) is 22.7 Å². The smallest absolute Gasteiger partial charge is 0.338 e. The number of carbonyl (C=O) groups is 1. The van der Waals surface area contributed by atoms with Gasteiger partial charge >= 0.3 is 5.97 Å². The Morgan fingerprint density at radius 3 is 2.84 bits per heavy atom. The second-order valence-electron chi connectivity index (χ2n) is 6.85. The van der Waals surface area contributed by atoms with Crippen molar-refractivity contribution in [1.29, 1.82) is 0 Å². The van der Waals surface area contributed by atoms with Crippen LogP contribution < -0.4 is 19.6 Å². The number of terminal acetylenes is 1. The van der Waals surface area contributed by atoms with E-state index in [4.69, 9.17) is 15.9 Å². The average Bonchev–Trinajstić information content (AvgIpc) is 3.41. The topological polar surface area (TPSA) is 69.9 Å². The minimum Gasteiger partial charge on any atom is -0.480 e. The van der Waals surface area contributed by atoms with E-state index in [9.17, 15) is 9.59 Å². The molecule has 3 aromatic rings. The summed E-state index contributed by atoms with van der Waals surface area (Å²) in [7, 11) is 0. The average molecular weight is 465 g/mol. The Morgan fingerprint density at radius 1 is 1.31 bits per heavy atom. The van der Waals surface area contributed by atoms with E-state index < -0.39 is 12.0 Å². The maximum atomic E-state index is 13.5. The van der Waals surface area contributed by atoms with Crippen LogP contribution in [0.5, 0.6) is 5.75 Å². The normalized spacial score (nSPS) is 15.7. The van der Waals surface area contributed by atoms with E-state index in [0.717, 1.165) is 10.4 Å². The molecule has 4 rings (SSSR count).